The first-order valence-corrected chi connectivity index (χ1v) is 17.7. The molecule has 12 rings (SSSR count). The van der Waals surface area contributed by atoms with Crippen molar-refractivity contribution in [3.05, 3.63) is 226 Å². The van der Waals surface area contributed by atoms with Crippen LogP contribution in [-0.2, 0) is 10.8 Å². The fourth-order valence-corrected chi connectivity index (χ4v) is 10.6. The highest BCUT2D eigenvalue weighted by molar-refractivity contribution is 6.01. The highest BCUT2D eigenvalue weighted by Crippen LogP contribution is 2.66. The van der Waals surface area contributed by atoms with E-state index in [1.165, 1.54) is 100 Å². The Kier molecular flexibility index (Phi) is 4.94. The van der Waals surface area contributed by atoms with Gasteiger partial charge < -0.3 is 0 Å². The van der Waals surface area contributed by atoms with E-state index >= 15 is 0 Å². The molecule has 4 aliphatic rings. The fourth-order valence-electron chi connectivity index (χ4n) is 10.6. The Balaban J connectivity index is 1.17. The SMILES string of the molecule is c1ccc2c(c1)-c1ccccc1C21c2ccccc2-c2ccc(-c3cccc4c3-c3ccccc3C43c4ccccc4-c4ccccc43)cc21. The number of hydrogen-bond acceptors (Lipinski definition) is 0. The third-order valence-electron chi connectivity index (χ3n) is 12.3. The van der Waals surface area contributed by atoms with E-state index in [9.17, 15) is 0 Å². The van der Waals surface area contributed by atoms with Gasteiger partial charge in [0.25, 0.3) is 0 Å². The van der Waals surface area contributed by atoms with Crippen LogP contribution < -0.4 is 0 Å². The third kappa shape index (κ3) is 2.90. The predicted octanol–water partition coefficient (Wildman–Crippen LogP) is 12.0. The average molecular weight is 631 g/mol. The molecular weight excluding hydrogens is 601 g/mol. The summed E-state index contributed by atoms with van der Waals surface area (Å²) in [5.41, 5.74) is 23.6. The van der Waals surface area contributed by atoms with Crippen molar-refractivity contribution in [3.63, 3.8) is 0 Å². The van der Waals surface area contributed by atoms with E-state index in [1.54, 1.807) is 0 Å². The lowest BCUT2D eigenvalue weighted by Gasteiger charge is -2.31. The van der Waals surface area contributed by atoms with Gasteiger partial charge in [0.2, 0.25) is 0 Å². The molecule has 0 atom stereocenters. The summed E-state index contributed by atoms with van der Waals surface area (Å²) in [5.74, 6) is 0. The van der Waals surface area contributed by atoms with Crippen molar-refractivity contribution in [3.8, 4) is 55.6 Å². The van der Waals surface area contributed by atoms with E-state index in [2.05, 4.69) is 182 Å². The largest absolute Gasteiger partial charge is 0.0725 e. The molecule has 0 amide bonds. The second-order valence-corrected chi connectivity index (χ2v) is 14.3. The average Bonchev–Trinajstić information content (AvgIpc) is 3.87. The van der Waals surface area contributed by atoms with Crippen LogP contribution in [0.4, 0.5) is 0 Å². The lowest BCUT2D eigenvalue weighted by Crippen LogP contribution is -2.26. The summed E-state index contributed by atoms with van der Waals surface area (Å²) in [4.78, 5) is 0. The summed E-state index contributed by atoms with van der Waals surface area (Å²) in [6.45, 7) is 0. The standard InChI is InChI=1S/C50H30/c1-7-21-40-33(14-1)34-15-2-8-22-41(34)49(40)45-26-12-6-19-39(45)48-32(20-13-27-46(48)49)31-28-29-38-37-18-5-11-25-44(37)50(47(38)30-31)42-23-9-3-16-35(42)36-17-4-10-24-43(36)50/h1-30H. The molecule has 0 aromatic heterocycles. The van der Waals surface area contributed by atoms with Gasteiger partial charge in [0, 0.05) is 0 Å². The minimum atomic E-state index is -0.366. The van der Waals surface area contributed by atoms with Gasteiger partial charge in [0.1, 0.15) is 0 Å². The van der Waals surface area contributed by atoms with Crippen molar-refractivity contribution in [2.24, 2.45) is 0 Å². The predicted molar refractivity (Wildman–Crippen MR) is 204 cm³/mol. The molecule has 0 aliphatic heterocycles. The second-order valence-electron chi connectivity index (χ2n) is 14.3. The Morgan fingerprint density at radius 3 is 1.00 bits per heavy atom. The van der Waals surface area contributed by atoms with Gasteiger partial charge in [0.05, 0.1) is 10.8 Å². The summed E-state index contributed by atoms with van der Waals surface area (Å²) >= 11 is 0. The smallest absolute Gasteiger partial charge is 0.0619 e. The van der Waals surface area contributed by atoms with E-state index in [0.717, 1.165) is 0 Å². The van der Waals surface area contributed by atoms with Crippen molar-refractivity contribution in [2.45, 2.75) is 10.8 Å². The first-order valence-electron chi connectivity index (χ1n) is 17.7. The molecule has 4 aliphatic carbocycles. The normalized spacial score (nSPS) is 15.1. The molecule has 0 heterocycles. The van der Waals surface area contributed by atoms with E-state index in [4.69, 9.17) is 0 Å². The van der Waals surface area contributed by atoms with E-state index in [1.807, 2.05) is 0 Å². The summed E-state index contributed by atoms with van der Waals surface area (Å²) in [5, 5.41) is 0. The maximum Gasteiger partial charge on any atom is 0.0725 e. The highest BCUT2D eigenvalue weighted by Gasteiger charge is 2.53. The van der Waals surface area contributed by atoms with Gasteiger partial charge in [-0.15, -0.1) is 0 Å². The molecule has 0 unspecified atom stereocenters. The molecule has 0 saturated heterocycles. The first-order chi connectivity index (χ1) is 24.8. The van der Waals surface area contributed by atoms with Gasteiger partial charge in [0.15, 0.2) is 0 Å². The molecular formula is C50H30. The molecule has 0 radical (unpaired) electrons. The van der Waals surface area contributed by atoms with Gasteiger partial charge in [-0.05, 0) is 106 Å². The van der Waals surface area contributed by atoms with Crippen LogP contribution in [0, 0.1) is 0 Å². The van der Waals surface area contributed by atoms with Crippen LogP contribution in [-0.4, -0.2) is 0 Å². The molecule has 0 N–H and O–H groups in total. The summed E-state index contributed by atoms with van der Waals surface area (Å²) < 4.78 is 0. The van der Waals surface area contributed by atoms with Gasteiger partial charge >= 0.3 is 0 Å². The third-order valence-corrected chi connectivity index (χ3v) is 12.3. The Morgan fingerprint density at radius 1 is 0.220 bits per heavy atom. The lowest BCUT2D eigenvalue weighted by atomic mass is 9.70. The maximum atomic E-state index is 2.54. The van der Waals surface area contributed by atoms with Gasteiger partial charge in [-0.2, -0.15) is 0 Å². The minimum Gasteiger partial charge on any atom is -0.0619 e. The van der Waals surface area contributed by atoms with E-state index in [0.29, 0.717) is 0 Å². The van der Waals surface area contributed by atoms with Crippen LogP contribution in [0.1, 0.15) is 44.5 Å². The number of fused-ring (bicyclic) bond motifs is 20. The van der Waals surface area contributed by atoms with Gasteiger partial charge in [-0.1, -0.05) is 176 Å². The van der Waals surface area contributed by atoms with Gasteiger partial charge in [-0.25, -0.2) is 0 Å². The molecule has 0 bridgehead atoms. The summed E-state index contributed by atoms with van der Waals surface area (Å²) in [6.07, 6.45) is 0. The quantitative estimate of drug-likeness (QED) is 0.169. The highest BCUT2D eigenvalue weighted by atomic mass is 14.5. The van der Waals surface area contributed by atoms with Crippen LogP contribution in [0.3, 0.4) is 0 Å². The number of benzene rings is 8. The van der Waals surface area contributed by atoms with Crippen LogP contribution >= 0.6 is 0 Å². The second kappa shape index (κ2) is 9.26. The number of rotatable bonds is 1. The van der Waals surface area contributed by atoms with Gasteiger partial charge in [-0.3, -0.25) is 0 Å². The van der Waals surface area contributed by atoms with Crippen LogP contribution in [0.5, 0.6) is 0 Å². The zero-order chi connectivity index (χ0) is 32.6. The topological polar surface area (TPSA) is 0 Å². The van der Waals surface area contributed by atoms with E-state index in [-0.39, 0.29) is 10.8 Å². The molecule has 50 heavy (non-hydrogen) atoms. The molecule has 8 aromatic rings. The van der Waals surface area contributed by atoms with Crippen LogP contribution in [0.15, 0.2) is 182 Å². The monoisotopic (exact) mass is 630 g/mol. The van der Waals surface area contributed by atoms with Crippen molar-refractivity contribution >= 4 is 0 Å². The molecule has 0 fully saturated rings. The minimum absolute atomic E-state index is 0.355. The Morgan fingerprint density at radius 2 is 0.540 bits per heavy atom. The molecule has 8 aromatic carbocycles. The molecule has 230 valence electrons. The number of hydrogen-bond donors (Lipinski definition) is 0. The lowest BCUT2D eigenvalue weighted by molar-refractivity contribution is 0.793. The zero-order valence-corrected chi connectivity index (χ0v) is 27.3. The van der Waals surface area contributed by atoms with Crippen LogP contribution in [0.2, 0.25) is 0 Å². The molecule has 0 nitrogen and oxygen atoms in total. The van der Waals surface area contributed by atoms with Crippen molar-refractivity contribution in [2.75, 3.05) is 0 Å². The molecule has 0 saturated carbocycles. The Hall–Kier alpha value is -6.24. The Labute approximate surface area is 292 Å². The van der Waals surface area contributed by atoms with E-state index < -0.39 is 0 Å². The van der Waals surface area contributed by atoms with Crippen molar-refractivity contribution < 1.29 is 0 Å². The summed E-state index contributed by atoms with van der Waals surface area (Å²) in [6, 6.07) is 68.9. The van der Waals surface area contributed by atoms with Crippen molar-refractivity contribution in [1.29, 1.82) is 0 Å². The van der Waals surface area contributed by atoms with Crippen molar-refractivity contribution in [1.82, 2.24) is 0 Å². The first kappa shape index (κ1) is 26.7. The maximum absolute atomic E-state index is 2.54. The Bertz CT molecular complexity index is 2670. The summed E-state index contributed by atoms with van der Waals surface area (Å²) in [7, 11) is 0. The zero-order valence-electron chi connectivity index (χ0n) is 27.3. The molecule has 0 heteroatoms. The molecule has 2 spiro atoms. The fraction of sp³-hybridized carbons (Fsp3) is 0.0400. The van der Waals surface area contributed by atoms with Crippen LogP contribution in [0.25, 0.3) is 55.6 Å².